The summed E-state index contributed by atoms with van der Waals surface area (Å²) in [6, 6.07) is 19.1. The first-order valence-corrected chi connectivity index (χ1v) is 10.9. The van der Waals surface area contributed by atoms with Gasteiger partial charge in [0.05, 0.1) is 5.69 Å². The van der Waals surface area contributed by atoms with Crippen molar-refractivity contribution >= 4 is 17.3 Å². The SMILES string of the molecule is CCc1ccc(NC(=O)Cn2nc(-c3ccc(N4CCCCC4)cc3)ccc2=O)cc1. The fourth-order valence-corrected chi connectivity index (χ4v) is 3.87. The Hall–Kier alpha value is -3.41. The first kappa shape index (κ1) is 20.8. The molecule has 1 aliphatic rings. The summed E-state index contributed by atoms with van der Waals surface area (Å²) in [7, 11) is 0. The van der Waals surface area contributed by atoms with E-state index in [1.165, 1.54) is 41.3 Å². The first-order chi connectivity index (χ1) is 15.1. The molecule has 6 heteroatoms. The van der Waals surface area contributed by atoms with E-state index < -0.39 is 0 Å². The minimum atomic E-state index is -0.301. The summed E-state index contributed by atoms with van der Waals surface area (Å²) in [6.07, 6.45) is 4.72. The van der Waals surface area contributed by atoms with E-state index in [1.54, 1.807) is 6.07 Å². The van der Waals surface area contributed by atoms with Gasteiger partial charge in [-0.3, -0.25) is 9.59 Å². The fraction of sp³-hybridized carbons (Fsp3) is 0.320. The second-order valence-corrected chi connectivity index (χ2v) is 7.91. The van der Waals surface area contributed by atoms with E-state index >= 15 is 0 Å². The minimum Gasteiger partial charge on any atom is -0.372 e. The van der Waals surface area contributed by atoms with Crippen molar-refractivity contribution in [1.29, 1.82) is 0 Å². The Morgan fingerprint density at radius 3 is 2.32 bits per heavy atom. The maximum absolute atomic E-state index is 12.4. The van der Waals surface area contributed by atoms with Gasteiger partial charge in [-0.15, -0.1) is 0 Å². The maximum atomic E-state index is 12.4. The largest absolute Gasteiger partial charge is 0.372 e. The van der Waals surface area contributed by atoms with Crippen molar-refractivity contribution in [2.45, 2.75) is 39.2 Å². The zero-order chi connectivity index (χ0) is 21.6. The number of hydrogen-bond acceptors (Lipinski definition) is 4. The van der Waals surface area contributed by atoms with E-state index in [9.17, 15) is 9.59 Å². The van der Waals surface area contributed by atoms with Crippen LogP contribution in [0.3, 0.4) is 0 Å². The highest BCUT2D eigenvalue weighted by Crippen LogP contribution is 2.23. The van der Waals surface area contributed by atoms with Gasteiger partial charge in [0.25, 0.3) is 5.56 Å². The molecule has 160 valence electrons. The summed E-state index contributed by atoms with van der Waals surface area (Å²) in [6.45, 7) is 4.14. The van der Waals surface area contributed by atoms with Crippen LogP contribution < -0.4 is 15.8 Å². The molecule has 1 fully saturated rings. The number of aromatic nitrogens is 2. The predicted octanol–water partition coefficient (Wildman–Crippen LogP) is 4.10. The molecule has 0 unspecified atom stereocenters. The number of nitrogens with zero attached hydrogens (tertiary/aromatic N) is 3. The van der Waals surface area contributed by atoms with E-state index in [1.807, 2.05) is 36.4 Å². The summed E-state index contributed by atoms with van der Waals surface area (Å²) in [5, 5.41) is 7.25. The van der Waals surface area contributed by atoms with Crippen LogP contribution in [-0.4, -0.2) is 28.8 Å². The van der Waals surface area contributed by atoms with Crippen molar-refractivity contribution in [2.24, 2.45) is 0 Å². The van der Waals surface area contributed by atoms with Gasteiger partial charge in [-0.2, -0.15) is 5.10 Å². The Morgan fingerprint density at radius 2 is 1.65 bits per heavy atom. The Bertz CT molecular complexity index is 1080. The lowest BCUT2D eigenvalue weighted by atomic mass is 10.1. The number of hydrogen-bond donors (Lipinski definition) is 1. The predicted molar refractivity (Wildman–Crippen MR) is 124 cm³/mol. The van der Waals surface area contributed by atoms with Crippen LogP contribution in [0.4, 0.5) is 11.4 Å². The van der Waals surface area contributed by atoms with Crippen molar-refractivity contribution in [2.75, 3.05) is 23.3 Å². The van der Waals surface area contributed by atoms with Gasteiger partial charge < -0.3 is 10.2 Å². The minimum absolute atomic E-state index is 0.131. The summed E-state index contributed by atoms with van der Waals surface area (Å²) in [5.74, 6) is -0.281. The van der Waals surface area contributed by atoms with E-state index in [-0.39, 0.29) is 18.0 Å². The number of piperidine rings is 1. The average Bonchev–Trinajstić information content (AvgIpc) is 2.82. The van der Waals surface area contributed by atoms with Gasteiger partial charge in [-0.05, 0) is 61.6 Å². The molecule has 31 heavy (non-hydrogen) atoms. The smallest absolute Gasteiger partial charge is 0.267 e. The van der Waals surface area contributed by atoms with Gasteiger partial charge in [0.1, 0.15) is 6.54 Å². The van der Waals surface area contributed by atoms with Crippen molar-refractivity contribution in [3.05, 3.63) is 76.6 Å². The molecular weight excluding hydrogens is 388 g/mol. The third kappa shape index (κ3) is 5.20. The molecule has 1 saturated heterocycles. The molecule has 1 aromatic heterocycles. The molecule has 2 aromatic carbocycles. The summed E-state index contributed by atoms with van der Waals surface area (Å²) in [5.41, 5.74) is 4.42. The third-order valence-electron chi connectivity index (χ3n) is 5.69. The molecule has 0 saturated carbocycles. The maximum Gasteiger partial charge on any atom is 0.267 e. The number of aryl methyl sites for hydroxylation is 1. The molecule has 0 bridgehead atoms. The zero-order valence-electron chi connectivity index (χ0n) is 17.9. The molecule has 1 amide bonds. The normalized spacial score (nSPS) is 13.8. The van der Waals surface area contributed by atoms with Crippen LogP contribution in [0.25, 0.3) is 11.3 Å². The Kier molecular flexibility index (Phi) is 6.46. The Morgan fingerprint density at radius 1 is 0.935 bits per heavy atom. The topological polar surface area (TPSA) is 67.2 Å². The zero-order valence-corrected chi connectivity index (χ0v) is 17.9. The van der Waals surface area contributed by atoms with Crippen LogP contribution in [0.1, 0.15) is 31.7 Å². The van der Waals surface area contributed by atoms with Crippen LogP contribution in [0, 0.1) is 0 Å². The molecule has 0 atom stereocenters. The number of benzene rings is 2. The van der Waals surface area contributed by atoms with Crippen molar-refractivity contribution < 1.29 is 4.79 Å². The van der Waals surface area contributed by atoms with E-state index in [2.05, 4.69) is 34.4 Å². The molecule has 1 aliphatic heterocycles. The van der Waals surface area contributed by atoms with Crippen LogP contribution in [0.5, 0.6) is 0 Å². The van der Waals surface area contributed by atoms with Gasteiger partial charge in [0.15, 0.2) is 0 Å². The van der Waals surface area contributed by atoms with Gasteiger partial charge >= 0.3 is 0 Å². The standard InChI is InChI=1S/C25H28N4O2/c1-2-19-6-10-21(11-7-19)26-24(30)18-29-25(31)15-14-23(27-29)20-8-12-22(13-9-20)28-16-4-3-5-17-28/h6-15H,2-5,16-18H2,1H3,(H,26,30). The average molecular weight is 417 g/mol. The molecule has 2 heterocycles. The lowest BCUT2D eigenvalue weighted by Gasteiger charge is -2.28. The first-order valence-electron chi connectivity index (χ1n) is 10.9. The molecule has 0 aliphatic carbocycles. The second-order valence-electron chi connectivity index (χ2n) is 7.91. The van der Waals surface area contributed by atoms with Crippen LogP contribution in [0.2, 0.25) is 0 Å². The quantitative estimate of drug-likeness (QED) is 0.657. The van der Waals surface area contributed by atoms with E-state index in [0.29, 0.717) is 11.4 Å². The Labute approximate surface area is 182 Å². The van der Waals surface area contributed by atoms with Crippen LogP contribution in [-0.2, 0) is 17.8 Å². The molecule has 0 radical (unpaired) electrons. The molecular formula is C25H28N4O2. The molecule has 3 aromatic rings. The van der Waals surface area contributed by atoms with Gasteiger partial charge in [0, 0.05) is 36.1 Å². The molecule has 0 spiro atoms. The van der Waals surface area contributed by atoms with E-state index in [4.69, 9.17) is 0 Å². The third-order valence-corrected chi connectivity index (χ3v) is 5.69. The summed E-state index contributed by atoms with van der Waals surface area (Å²) in [4.78, 5) is 27.1. The monoisotopic (exact) mass is 416 g/mol. The highest BCUT2D eigenvalue weighted by atomic mass is 16.2. The highest BCUT2D eigenvalue weighted by molar-refractivity contribution is 5.90. The van der Waals surface area contributed by atoms with Crippen molar-refractivity contribution in [3.63, 3.8) is 0 Å². The van der Waals surface area contributed by atoms with Crippen molar-refractivity contribution in [1.82, 2.24) is 9.78 Å². The fourth-order valence-electron chi connectivity index (χ4n) is 3.87. The molecule has 1 N–H and O–H groups in total. The van der Waals surface area contributed by atoms with Gasteiger partial charge in [-0.1, -0.05) is 31.2 Å². The lowest BCUT2D eigenvalue weighted by molar-refractivity contribution is -0.117. The summed E-state index contributed by atoms with van der Waals surface area (Å²) < 4.78 is 1.21. The second kappa shape index (κ2) is 9.60. The van der Waals surface area contributed by atoms with Crippen molar-refractivity contribution in [3.8, 4) is 11.3 Å². The number of carbonyl (C=O) groups is 1. The Balaban J connectivity index is 1.46. The number of anilines is 2. The van der Waals surface area contributed by atoms with Crippen LogP contribution in [0.15, 0.2) is 65.5 Å². The van der Waals surface area contributed by atoms with Gasteiger partial charge in [0.2, 0.25) is 5.91 Å². The number of rotatable bonds is 6. The number of nitrogens with one attached hydrogen (secondary N) is 1. The highest BCUT2D eigenvalue weighted by Gasteiger charge is 2.12. The van der Waals surface area contributed by atoms with E-state index in [0.717, 1.165) is 25.1 Å². The molecule has 6 nitrogen and oxygen atoms in total. The molecule has 4 rings (SSSR count). The lowest BCUT2D eigenvalue weighted by Crippen LogP contribution is -2.29. The van der Waals surface area contributed by atoms with Crippen LogP contribution >= 0.6 is 0 Å². The van der Waals surface area contributed by atoms with Gasteiger partial charge in [-0.25, -0.2) is 4.68 Å². The summed E-state index contributed by atoms with van der Waals surface area (Å²) >= 11 is 0. The number of amides is 1. The number of carbonyl (C=O) groups excluding carboxylic acids is 1.